The highest BCUT2D eigenvalue weighted by Gasteiger charge is 2.26. The Hall–Kier alpha value is -4.13. The molecule has 254 valence electrons. The van der Waals surface area contributed by atoms with Crippen LogP contribution in [0.15, 0.2) is 65.4 Å². The SMILES string of the molecule is COC(=O)CN(C)C(N)=NP(=O)(OCCCCOC(=O)OCCc1ccccc1)OCCCCOC(=O)OCCc1ccccc1. The number of unbranched alkanes of at least 4 members (excludes halogenated alkanes) is 2. The van der Waals surface area contributed by atoms with Crippen molar-refractivity contribution >= 4 is 32.0 Å². The van der Waals surface area contributed by atoms with E-state index in [2.05, 4.69) is 9.50 Å². The first-order valence-corrected chi connectivity index (χ1v) is 16.4. The lowest BCUT2D eigenvalue weighted by atomic mass is 10.2. The van der Waals surface area contributed by atoms with Crippen LogP contribution < -0.4 is 5.73 Å². The Balaban J connectivity index is 1.70. The Bertz CT molecular complexity index is 1180. The van der Waals surface area contributed by atoms with Crippen LogP contribution in [0.3, 0.4) is 0 Å². The molecule has 0 aliphatic heterocycles. The first kappa shape index (κ1) is 38.1. The van der Waals surface area contributed by atoms with E-state index in [0.717, 1.165) is 11.1 Å². The Morgan fingerprint density at radius 1 is 0.696 bits per heavy atom. The summed E-state index contributed by atoms with van der Waals surface area (Å²) in [5.74, 6) is -0.827. The molecule has 0 aromatic heterocycles. The van der Waals surface area contributed by atoms with E-state index in [1.54, 1.807) is 0 Å². The van der Waals surface area contributed by atoms with E-state index < -0.39 is 26.0 Å². The fourth-order valence-electron chi connectivity index (χ4n) is 3.59. The monoisotopic (exact) mass is 665 g/mol. The minimum atomic E-state index is -4.10. The highest BCUT2D eigenvalue weighted by Crippen LogP contribution is 2.50. The number of carbonyl (C=O) groups excluding carboxylic acids is 3. The summed E-state index contributed by atoms with van der Waals surface area (Å²) in [4.78, 5) is 36.4. The molecule has 0 fully saturated rings. The summed E-state index contributed by atoms with van der Waals surface area (Å²) in [6, 6.07) is 19.2. The summed E-state index contributed by atoms with van der Waals surface area (Å²) in [7, 11) is -1.41. The molecule has 0 saturated heterocycles. The predicted octanol–water partition coefficient (Wildman–Crippen LogP) is 4.90. The van der Waals surface area contributed by atoms with Crippen molar-refractivity contribution in [3.8, 4) is 0 Å². The number of hydrogen-bond acceptors (Lipinski definition) is 11. The molecule has 46 heavy (non-hydrogen) atoms. The van der Waals surface area contributed by atoms with E-state index in [1.165, 1.54) is 19.1 Å². The number of ether oxygens (including phenoxy) is 5. The summed E-state index contributed by atoms with van der Waals surface area (Å²) in [6.45, 7) is 0.214. The summed E-state index contributed by atoms with van der Waals surface area (Å²) < 4.78 is 53.1. The Kier molecular flexibility index (Phi) is 18.5. The van der Waals surface area contributed by atoms with Gasteiger partial charge in [0.15, 0.2) is 0 Å². The minimum absolute atomic E-state index is 0.0425. The number of nitrogens with zero attached hydrogens (tertiary/aromatic N) is 2. The second-order valence-electron chi connectivity index (χ2n) is 9.80. The molecule has 0 amide bonds. The Morgan fingerprint density at radius 2 is 1.11 bits per heavy atom. The van der Waals surface area contributed by atoms with E-state index in [1.807, 2.05) is 60.7 Å². The molecule has 0 aliphatic rings. The predicted molar refractivity (Wildman–Crippen MR) is 169 cm³/mol. The molecule has 2 aromatic rings. The van der Waals surface area contributed by atoms with Gasteiger partial charge in [0, 0.05) is 19.9 Å². The fourth-order valence-corrected chi connectivity index (χ4v) is 4.91. The summed E-state index contributed by atoms with van der Waals surface area (Å²) in [5.41, 5.74) is 8.01. The minimum Gasteiger partial charge on any atom is -0.468 e. The van der Waals surface area contributed by atoms with Crippen LogP contribution >= 0.6 is 7.75 Å². The van der Waals surface area contributed by atoms with Crippen LogP contribution in [0.1, 0.15) is 36.8 Å². The van der Waals surface area contributed by atoms with Gasteiger partial charge in [-0.05, 0) is 36.8 Å². The number of rotatable bonds is 21. The summed E-state index contributed by atoms with van der Waals surface area (Å²) in [6.07, 6.45) is 1.11. The maximum Gasteiger partial charge on any atom is 0.508 e. The zero-order chi connectivity index (χ0) is 33.5. The molecule has 2 N–H and O–H groups in total. The van der Waals surface area contributed by atoms with E-state index >= 15 is 0 Å². The standard InChI is InChI=1S/C31H44N3O11P/c1-34(25-28(35)39-2)29(32)33-46(38,44-21-11-9-19-40-30(36)42-23-17-26-13-5-3-6-14-26)45-22-12-10-20-41-31(37)43-24-18-27-15-7-4-8-16-27/h3-8,13-16H,9-12,17-25H2,1-2H3,(H2,32,33,38). The van der Waals surface area contributed by atoms with Crippen molar-refractivity contribution in [1.29, 1.82) is 0 Å². The van der Waals surface area contributed by atoms with Crippen molar-refractivity contribution in [1.82, 2.24) is 4.90 Å². The quantitative estimate of drug-likeness (QED) is 0.0477. The van der Waals surface area contributed by atoms with E-state index in [9.17, 15) is 18.9 Å². The Morgan fingerprint density at radius 3 is 1.54 bits per heavy atom. The maximum absolute atomic E-state index is 13.4. The fraction of sp³-hybridized carbons (Fsp3) is 0.484. The van der Waals surface area contributed by atoms with Crippen molar-refractivity contribution in [3.05, 3.63) is 71.8 Å². The molecular formula is C31H44N3O11P. The summed E-state index contributed by atoms with van der Waals surface area (Å²) >= 11 is 0. The molecule has 2 aromatic carbocycles. The van der Waals surface area contributed by atoms with Crippen LogP contribution in [-0.2, 0) is 54.9 Å². The average molecular weight is 666 g/mol. The lowest BCUT2D eigenvalue weighted by Gasteiger charge is -2.19. The number of likely N-dealkylation sites (N-methyl/N-ethyl adjacent to an activating group) is 1. The van der Waals surface area contributed by atoms with Gasteiger partial charge < -0.3 is 34.3 Å². The van der Waals surface area contributed by atoms with Crippen LogP contribution in [0.4, 0.5) is 9.59 Å². The number of carbonyl (C=O) groups is 3. The van der Waals surface area contributed by atoms with Gasteiger partial charge in [0.2, 0.25) is 5.96 Å². The smallest absolute Gasteiger partial charge is 0.468 e. The largest absolute Gasteiger partial charge is 0.508 e. The first-order chi connectivity index (χ1) is 22.2. The normalized spacial score (nSPS) is 11.4. The summed E-state index contributed by atoms with van der Waals surface area (Å²) in [5, 5.41) is 0. The molecule has 0 aliphatic carbocycles. The highest BCUT2D eigenvalue weighted by atomic mass is 31.2. The third kappa shape index (κ3) is 17.4. The van der Waals surface area contributed by atoms with E-state index in [0.29, 0.717) is 38.5 Å². The molecule has 15 heteroatoms. The van der Waals surface area contributed by atoms with Crippen molar-refractivity contribution in [3.63, 3.8) is 0 Å². The number of guanidine groups is 1. The van der Waals surface area contributed by atoms with E-state index in [4.69, 9.17) is 33.7 Å². The number of hydrogen-bond donors (Lipinski definition) is 1. The lowest BCUT2D eigenvalue weighted by molar-refractivity contribution is -0.140. The number of benzene rings is 2. The molecule has 0 atom stereocenters. The molecule has 0 radical (unpaired) electrons. The van der Waals surface area contributed by atoms with Crippen LogP contribution in [-0.4, -0.2) is 89.5 Å². The number of nitrogens with two attached hydrogens (primary N) is 1. The van der Waals surface area contributed by atoms with Gasteiger partial charge in [-0.25, -0.2) is 14.2 Å². The van der Waals surface area contributed by atoms with E-state index in [-0.39, 0.29) is 52.1 Å². The second kappa shape index (κ2) is 22.4. The van der Waals surface area contributed by atoms with Crippen molar-refractivity contribution in [2.75, 3.05) is 60.3 Å². The van der Waals surface area contributed by atoms with Gasteiger partial charge in [-0.2, -0.15) is 0 Å². The lowest BCUT2D eigenvalue weighted by Crippen LogP contribution is -2.38. The van der Waals surface area contributed by atoms with Crippen molar-refractivity contribution in [2.45, 2.75) is 38.5 Å². The molecule has 0 saturated carbocycles. The molecule has 0 spiro atoms. The van der Waals surface area contributed by atoms with Gasteiger partial charge in [0.25, 0.3) is 0 Å². The zero-order valence-corrected chi connectivity index (χ0v) is 27.3. The van der Waals surface area contributed by atoms with Crippen molar-refractivity contribution in [2.24, 2.45) is 10.5 Å². The molecular weight excluding hydrogens is 621 g/mol. The highest BCUT2D eigenvalue weighted by molar-refractivity contribution is 7.52. The topological polar surface area (TPSA) is 175 Å². The molecule has 0 heterocycles. The van der Waals surface area contributed by atoms with Gasteiger partial charge in [-0.1, -0.05) is 60.7 Å². The van der Waals surface area contributed by atoms with Gasteiger partial charge in [0.05, 0.1) is 46.8 Å². The number of methoxy groups -OCH3 is 1. The molecule has 0 unspecified atom stereocenters. The second-order valence-corrected chi connectivity index (χ2v) is 11.5. The van der Waals surface area contributed by atoms with Gasteiger partial charge in [0.1, 0.15) is 6.54 Å². The molecule has 14 nitrogen and oxygen atoms in total. The average Bonchev–Trinajstić information content (AvgIpc) is 3.05. The third-order valence-electron chi connectivity index (χ3n) is 6.14. The van der Waals surface area contributed by atoms with Crippen LogP contribution in [0.5, 0.6) is 0 Å². The maximum atomic E-state index is 13.4. The third-order valence-corrected chi connectivity index (χ3v) is 7.61. The Labute approximate surface area is 269 Å². The molecule has 0 bridgehead atoms. The number of esters is 1. The van der Waals surface area contributed by atoms with Gasteiger partial charge in [-0.15, -0.1) is 4.76 Å². The van der Waals surface area contributed by atoms with Crippen LogP contribution in [0.25, 0.3) is 0 Å². The van der Waals surface area contributed by atoms with Crippen LogP contribution in [0.2, 0.25) is 0 Å². The van der Waals surface area contributed by atoms with Crippen molar-refractivity contribution < 1.29 is 51.7 Å². The van der Waals surface area contributed by atoms with Gasteiger partial charge in [-0.3, -0.25) is 13.8 Å². The first-order valence-electron chi connectivity index (χ1n) is 14.9. The molecule has 2 rings (SSSR count). The van der Waals surface area contributed by atoms with Gasteiger partial charge >= 0.3 is 26.0 Å². The zero-order valence-electron chi connectivity index (χ0n) is 26.4. The van der Waals surface area contributed by atoms with Crippen LogP contribution in [0, 0.1) is 0 Å².